The maximum Gasteiger partial charge on any atom is 0.234 e. The first kappa shape index (κ1) is 17.2. The van der Waals surface area contributed by atoms with Crippen molar-refractivity contribution in [1.82, 2.24) is 14.5 Å². The molecule has 0 saturated heterocycles. The summed E-state index contributed by atoms with van der Waals surface area (Å²) in [6, 6.07) is 10.3. The van der Waals surface area contributed by atoms with Crippen molar-refractivity contribution in [3.05, 3.63) is 72.3 Å². The van der Waals surface area contributed by atoms with E-state index in [0.717, 1.165) is 5.69 Å². The molecule has 1 N–H and O–H groups in total. The SMILES string of the molecule is Cc1nccn1-c1ccc(NC(=O)CSCc2ccccn2)cc1F. The molecule has 3 aromatic rings. The Balaban J connectivity index is 1.57. The molecule has 2 aromatic heterocycles. The van der Waals surface area contributed by atoms with Crippen molar-refractivity contribution < 1.29 is 9.18 Å². The molecule has 0 spiro atoms. The van der Waals surface area contributed by atoms with Crippen LogP contribution in [0.25, 0.3) is 5.69 Å². The number of halogens is 1. The molecule has 5 nitrogen and oxygen atoms in total. The fourth-order valence-corrected chi connectivity index (χ4v) is 3.08. The number of hydrogen-bond donors (Lipinski definition) is 1. The molecule has 0 aliphatic heterocycles. The second-order valence-electron chi connectivity index (χ2n) is 5.37. The largest absolute Gasteiger partial charge is 0.325 e. The summed E-state index contributed by atoms with van der Waals surface area (Å²) in [4.78, 5) is 20.3. The molecule has 25 heavy (non-hydrogen) atoms. The van der Waals surface area contributed by atoms with Crippen molar-refractivity contribution >= 4 is 23.4 Å². The van der Waals surface area contributed by atoms with Crippen LogP contribution in [-0.4, -0.2) is 26.2 Å². The number of rotatable bonds is 6. The predicted molar refractivity (Wildman–Crippen MR) is 97.3 cm³/mol. The van der Waals surface area contributed by atoms with Gasteiger partial charge in [0.05, 0.1) is 17.1 Å². The smallest absolute Gasteiger partial charge is 0.234 e. The number of hydrogen-bond acceptors (Lipinski definition) is 4. The molecule has 3 rings (SSSR count). The Morgan fingerprint density at radius 3 is 2.80 bits per heavy atom. The molecule has 128 valence electrons. The zero-order valence-electron chi connectivity index (χ0n) is 13.6. The third kappa shape index (κ3) is 4.45. The van der Waals surface area contributed by atoms with Gasteiger partial charge in [-0.15, -0.1) is 11.8 Å². The van der Waals surface area contributed by atoms with Gasteiger partial charge in [0, 0.05) is 30.0 Å². The van der Waals surface area contributed by atoms with E-state index in [1.165, 1.54) is 17.8 Å². The Bertz CT molecular complexity index is 867. The summed E-state index contributed by atoms with van der Waals surface area (Å²) in [6.07, 6.45) is 5.03. The van der Waals surface area contributed by atoms with Crippen molar-refractivity contribution in [3.63, 3.8) is 0 Å². The number of carbonyl (C=O) groups is 1. The third-order valence-electron chi connectivity index (χ3n) is 3.53. The topological polar surface area (TPSA) is 59.8 Å². The number of nitrogens with one attached hydrogen (secondary N) is 1. The number of amides is 1. The minimum atomic E-state index is -0.417. The summed E-state index contributed by atoms with van der Waals surface area (Å²) >= 11 is 1.46. The van der Waals surface area contributed by atoms with Crippen LogP contribution in [-0.2, 0) is 10.5 Å². The van der Waals surface area contributed by atoms with Crippen molar-refractivity contribution in [2.75, 3.05) is 11.1 Å². The van der Waals surface area contributed by atoms with E-state index in [0.29, 0.717) is 23.0 Å². The van der Waals surface area contributed by atoms with Gasteiger partial charge < -0.3 is 9.88 Å². The van der Waals surface area contributed by atoms with E-state index in [9.17, 15) is 9.18 Å². The Labute approximate surface area is 149 Å². The minimum absolute atomic E-state index is 0.174. The highest BCUT2D eigenvalue weighted by Crippen LogP contribution is 2.20. The first-order chi connectivity index (χ1) is 12.1. The summed E-state index contributed by atoms with van der Waals surface area (Å²) in [5.74, 6) is 1.04. The second-order valence-corrected chi connectivity index (χ2v) is 6.36. The Hall–Kier alpha value is -2.67. The molecule has 0 fully saturated rings. The lowest BCUT2D eigenvalue weighted by Crippen LogP contribution is -2.14. The number of imidazole rings is 1. The van der Waals surface area contributed by atoms with Gasteiger partial charge in [-0.3, -0.25) is 9.78 Å². The second kappa shape index (κ2) is 7.94. The zero-order chi connectivity index (χ0) is 17.6. The number of aromatic nitrogens is 3. The molecular weight excluding hydrogens is 339 g/mol. The van der Waals surface area contributed by atoms with E-state index >= 15 is 0 Å². The number of pyridine rings is 1. The summed E-state index contributed by atoms with van der Waals surface area (Å²) in [7, 11) is 0. The fourth-order valence-electron chi connectivity index (χ4n) is 2.34. The molecule has 2 heterocycles. The highest BCUT2D eigenvalue weighted by molar-refractivity contribution is 7.99. The van der Waals surface area contributed by atoms with Gasteiger partial charge in [0.1, 0.15) is 11.6 Å². The maximum absolute atomic E-state index is 14.3. The van der Waals surface area contributed by atoms with Crippen LogP contribution in [0.5, 0.6) is 0 Å². The lowest BCUT2D eigenvalue weighted by molar-refractivity contribution is -0.113. The van der Waals surface area contributed by atoms with Crippen LogP contribution in [0.3, 0.4) is 0 Å². The first-order valence-electron chi connectivity index (χ1n) is 7.71. The molecule has 0 atom stereocenters. The molecule has 1 amide bonds. The van der Waals surface area contributed by atoms with E-state index in [-0.39, 0.29) is 11.7 Å². The van der Waals surface area contributed by atoms with Gasteiger partial charge in [-0.1, -0.05) is 6.07 Å². The highest BCUT2D eigenvalue weighted by Gasteiger charge is 2.10. The maximum atomic E-state index is 14.3. The van der Waals surface area contributed by atoms with Crippen LogP contribution in [0.4, 0.5) is 10.1 Å². The van der Waals surface area contributed by atoms with Crippen molar-refractivity contribution in [1.29, 1.82) is 0 Å². The molecule has 0 aliphatic rings. The molecule has 0 radical (unpaired) electrons. The van der Waals surface area contributed by atoms with Crippen LogP contribution in [0, 0.1) is 12.7 Å². The molecule has 0 bridgehead atoms. The summed E-state index contributed by atoms with van der Waals surface area (Å²) < 4.78 is 16.0. The minimum Gasteiger partial charge on any atom is -0.325 e. The van der Waals surface area contributed by atoms with Gasteiger partial charge in [0.15, 0.2) is 0 Å². The zero-order valence-corrected chi connectivity index (χ0v) is 14.5. The van der Waals surface area contributed by atoms with E-state index in [1.54, 1.807) is 42.2 Å². The highest BCUT2D eigenvalue weighted by atomic mass is 32.2. The van der Waals surface area contributed by atoms with Crippen LogP contribution in [0.2, 0.25) is 0 Å². The van der Waals surface area contributed by atoms with Crippen LogP contribution in [0.15, 0.2) is 55.0 Å². The third-order valence-corrected chi connectivity index (χ3v) is 4.49. The van der Waals surface area contributed by atoms with Gasteiger partial charge in [-0.2, -0.15) is 0 Å². The number of nitrogens with zero attached hydrogens (tertiary/aromatic N) is 3. The van der Waals surface area contributed by atoms with Crippen molar-refractivity contribution in [2.45, 2.75) is 12.7 Å². The number of benzene rings is 1. The van der Waals surface area contributed by atoms with E-state index in [2.05, 4.69) is 15.3 Å². The van der Waals surface area contributed by atoms with Gasteiger partial charge in [-0.05, 0) is 37.3 Å². The van der Waals surface area contributed by atoms with E-state index in [1.807, 2.05) is 18.2 Å². The summed E-state index contributed by atoms with van der Waals surface area (Å²) in [5.41, 5.74) is 1.76. The fraction of sp³-hybridized carbons (Fsp3) is 0.167. The first-order valence-corrected chi connectivity index (χ1v) is 8.86. The number of anilines is 1. The van der Waals surface area contributed by atoms with E-state index < -0.39 is 5.82 Å². The molecule has 7 heteroatoms. The van der Waals surface area contributed by atoms with Crippen LogP contribution < -0.4 is 5.32 Å². The normalized spacial score (nSPS) is 10.6. The van der Waals surface area contributed by atoms with Gasteiger partial charge in [0.2, 0.25) is 5.91 Å². The van der Waals surface area contributed by atoms with E-state index in [4.69, 9.17) is 0 Å². The van der Waals surface area contributed by atoms with Gasteiger partial charge in [-0.25, -0.2) is 9.37 Å². The number of aryl methyl sites for hydroxylation is 1. The quantitative estimate of drug-likeness (QED) is 0.733. The van der Waals surface area contributed by atoms with Gasteiger partial charge in [0.25, 0.3) is 0 Å². The Morgan fingerprint density at radius 2 is 2.12 bits per heavy atom. The Kier molecular flexibility index (Phi) is 5.45. The molecule has 0 aliphatic carbocycles. The number of carbonyl (C=O) groups excluding carboxylic acids is 1. The average Bonchev–Trinajstić information content (AvgIpc) is 3.02. The Morgan fingerprint density at radius 1 is 1.24 bits per heavy atom. The predicted octanol–water partition coefficient (Wildman–Crippen LogP) is 3.59. The standard InChI is InChI=1S/C18H17FN4OS/c1-13-20-8-9-23(13)17-6-5-14(10-16(17)19)22-18(24)12-25-11-15-4-2-3-7-21-15/h2-10H,11-12H2,1H3,(H,22,24). The van der Waals surface area contributed by atoms with Crippen molar-refractivity contribution in [2.24, 2.45) is 0 Å². The van der Waals surface area contributed by atoms with Crippen LogP contribution >= 0.6 is 11.8 Å². The molecule has 1 aromatic carbocycles. The van der Waals surface area contributed by atoms with Crippen molar-refractivity contribution in [3.8, 4) is 5.69 Å². The lowest BCUT2D eigenvalue weighted by atomic mass is 10.2. The van der Waals surface area contributed by atoms with Gasteiger partial charge >= 0.3 is 0 Å². The molecule has 0 unspecified atom stereocenters. The monoisotopic (exact) mass is 356 g/mol. The summed E-state index contributed by atoms with van der Waals surface area (Å²) in [5, 5.41) is 2.71. The summed E-state index contributed by atoms with van der Waals surface area (Å²) in [6.45, 7) is 1.80. The molecular formula is C18H17FN4OS. The average molecular weight is 356 g/mol. The molecule has 0 saturated carbocycles. The van der Waals surface area contributed by atoms with Crippen LogP contribution in [0.1, 0.15) is 11.5 Å². The number of thioether (sulfide) groups is 1. The lowest BCUT2D eigenvalue weighted by Gasteiger charge is -2.10.